The van der Waals surface area contributed by atoms with Crippen LogP contribution in [-0.4, -0.2) is 33.2 Å². The first-order valence-corrected chi connectivity index (χ1v) is 7.69. The van der Waals surface area contributed by atoms with E-state index in [9.17, 15) is 13.6 Å². The zero-order valence-corrected chi connectivity index (χ0v) is 14.1. The molecule has 2 N–H and O–H groups in total. The van der Waals surface area contributed by atoms with E-state index in [4.69, 9.17) is 9.47 Å². The number of hydrogen-bond acceptors (Lipinski definition) is 4. The molecule has 25 heavy (non-hydrogen) atoms. The molecule has 0 aliphatic carbocycles. The topological polar surface area (TPSA) is 59.6 Å². The van der Waals surface area contributed by atoms with Gasteiger partial charge >= 0.3 is 0 Å². The Morgan fingerprint density at radius 1 is 1.00 bits per heavy atom. The van der Waals surface area contributed by atoms with E-state index >= 15 is 0 Å². The molecule has 0 saturated carbocycles. The van der Waals surface area contributed by atoms with Crippen LogP contribution < -0.4 is 20.1 Å². The number of benzene rings is 2. The van der Waals surface area contributed by atoms with Crippen LogP contribution in [0.15, 0.2) is 36.4 Å². The van der Waals surface area contributed by atoms with Crippen molar-refractivity contribution >= 4 is 11.6 Å². The molecule has 0 atom stereocenters. The third-order valence-corrected chi connectivity index (χ3v) is 3.50. The standard InChI is InChI=1S/C18H20F2N2O3/c1-24-16-4-3-12(7-17(16)25-2)5-6-21-18(23)11-22-15-9-13(19)8-14(20)10-15/h3-4,7-10,22H,5-6,11H2,1-2H3,(H,21,23). The first kappa shape index (κ1) is 18.5. The third kappa shape index (κ3) is 5.63. The van der Waals surface area contributed by atoms with Crippen LogP contribution in [0.4, 0.5) is 14.5 Å². The average molecular weight is 350 g/mol. The molecular formula is C18H20F2N2O3. The lowest BCUT2D eigenvalue weighted by molar-refractivity contribution is -0.119. The molecule has 134 valence electrons. The lowest BCUT2D eigenvalue weighted by Crippen LogP contribution is -2.31. The highest BCUT2D eigenvalue weighted by Crippen LogP contribution is 2.27. The number of carbonyl (C=O) groups excluding carboxylic acids is 1. The van der Waals surface area contributed by atoms with Crippen LogP contribution in [0.3, 0.4) is 0 Å². The summed E-state index contributed by atoms with van der Waals surface area (Å²) in [7, 11) is 3.12. The summed E-state index contributed by atoms with van der Waals surface area (Å²) in [5.41, 5.74) is 1.20. The van der Waals surface area contributed by atoms with Crippen LogP contribution in [0.2, 0.25) is 0 Å². The van der Waals surface area contributed by atoms with E-state index in [1.54, 1.807) is 20.3 Å². The van der Waals surface area contributed by atoms with Crippen LogP contribution in [0.1, 0.15) is 5.56 Å². The summed E-state index contributed by atoms with van der Waals surface area (Å²) in [6.45, 7) is 0.350. The SMILES string of the molecule is COc1ccc(CCNC(=O)CNc2cc(F)cc(F)c2)cc1OC. The van der Waals surface area contributed by atoms with Gasteiger partial charge in [-0.1, -0.05) is 6.07 Å². The molecule has 2 rings (SSSR count). The molecular weight excluding hydrogens is 330 g/mol. The molecule has 0 aromatic heterocycles. The number of methoxy groups -OCH3 is 2. The van der Waals surface area contributed by atoms with Crippen molar-refractivity contribution in [1.29, 1.82) is 0 Å². The summed E-state index contributed by atoms with van der Waals surface area (Å²) >= 11 is 0. The van der Waals surface area contributed by atoms with E-state index in [-0.39, 0.29) is 18.1 Å². The van der Waals surface area contributed by atoms with Crippen molar-refractivity contribution in [3.63, 3.8) is 0 Å². The molecule has 0 heterocycles. The van der Waals surface area contributed by atoms with Crippen LogP contribution in [0.5, 0.6) is 11.5 Å². The monoisotopic (exact) mass is 350 g/mol. The van der Waals surface area contributed by atoms with Crippen molar-refractivity contribution in [3.8, 4) is 11.5 Å². The highest BCUT2D eigenvalue weighted by atomic mass is 19.1. The number of halogens is 2. The lowest BCUT2D eigenvalue weighted by atomic mass is 10.1. The Hall–Kier alpha value is -2.83. The quantitative estimate of drug-likeness (QED) is 0.769. The Labute approximate surface area is 144 Å². The molecule has 0 aliphatic rings. The minimum atomic E-state index is -0.698. The summed E-state index contributed by atoms with van der Waals surface area (Å²) in [4.78, 5) is 11.8. The van der Waals surface area contributed by atoms with Gasteiger partial charge in [-0.05, 0) is 36.2 Å². The molecule has 2 aromatic rings. The predicted molar refractivity (Wildman–Crippen MR) is 91.1 cm³/mol. The second-order valence-corrected chi connectivity index (χ2v) is 5.30. The molecule has 0 aliphatic heterocycles. The van der Waals surface area contributed by atoms with E-state index in [0.717, 1.165) is 23.8 Å². The van der Waals surface area contributed by atoms with Gasteiger partial charge in [-0.3, -0.25) is 4.79 Å². The fraction of sp³-hybridized carbons (Fsp3) is 0.278. The summed E-state index contributed by atoms with van der Waals surface area (Å²) in [6.07, 6.45) is 0.612. The zero-order valence-electron chi connectivity index (χ0n) is 14.1. The van der Waals surface area contributed by atoms with Gasteiger partial charge < -0.3 is 20.1 Å². The van der Waals surface area contributed by atoms with Gasteiger partial charge in [-0.2, -0.15) is 0 Å². The van der Waals surface area contributed by atoms with Crippen LogP contribution in [0.25, 0.3) is 0 Å². The minimum Gasteiger partial charge on any atom is -0.493 e. The van der Waals surface area contributed by atoms with Gasteiger partial charge in [-0.25, -0.2) is 8.78 Å². The number of amides is 1. The zero-order chi connectivity index (χ0) is 18.2. The third-order valence-electron chi connectivity index (χ3n) is 3.50. The fourth-order valence-corrected chi connectivity index (χ4v) is 2.28. The number of hydrogen-bond donors (Lipinski definition) is 2. The normalized spacial score (nSPS) is 10.2. The highest BCUT2D eigenvalue weighted by Gasteiger charge is 2.06. The molecule has 0 fully saturated rings. The molecule has 0 radical (unpaired) electrons. The number of rotatable bonds is 8. The number of nitrogens with one attached hydrogen (secondary N) is 2. The number of anilines is 1. The molecule has 0 bridgehead atoms. The molecule has 0 unspecified atom stereocenters. The summed E-state index contributed by atoms with van der Waals surface area (Å²) in [5, 5.41) is 5.42. The van der Waals surface area contributed by atoms with Gasteiger partial charge in [0, 0.05) is 18.3 Å². The minimum absolute atomic E-state index is 0.0746. The van der Waals surface area contributed by atoms with Crippen molar-refractivity contribution in [2.24, 2.45) is 0 Å². The molecule has 0 saturated heterocycles. The van der Waals surface area contributed by atoms with E-state index < -0.39 is 11.6 Å². The lowest BCUT2D eigenvalue weighted by Gasteiger charge is -2.11. The van der Waals surface area contributed by atoms with E-state index in [0.29, 0.717) is 24.5 Å². The van der Waals surface area contributed by atoms with Crippen molar-refractivity contribution in [3.05, 3.63) is 53.6 Å². The Balaban J connectivity index is 1.78. The molecule has 7 heteroatoms. The summed E-state index contributed by atoms with van der Waals surface area (Å²) in [6, 6.07) is 8.56. The van der Waals surface area contributed by atoms with Gasteiger partial charge in [0.25, 0.3) is 0 Å². The van der Waals surface area contributed by atoms with Crippen molar-refractivity contribution in [1.82, 2.24) is 5.32 Å². The first-order valence-electron chi connectivity index (χ1n) is 7.69. The Kier molecular flexibility index (Phi) is 6.56. The van der Waals surface area contributed by atoms with Crippen LogP contribution in [0, 0.1) is 11.6 Å². The Bertz CT molecular complexity index is 718. The molecule has 1 amide bonds. The average Bonchev–Trinajstić information content (AvgIpc) is 2.59. The summed E-state index contributed by atoms with van der Waals surface area (Å²) < 4.78 is 36.5. The van der Waals surface area contributed by atoms with Crippen molar-refractivity contribution in [2.75, 3.05) is 32.6 Å². The smallest absolute Gasteiger partial charge is 0.239 e. The van der Waals surface area contributed by atoms with Gasteiger partial charge in [0.15, 0.2) is 11.5 Å². The van der Waals surface area contributed by atoms with Gasteiger partial charge in [0.1, 0.15) is 11.6 Å². The largest absolute Gasteiger partial charge is 0.493 e. The predicted octanol–water partition coefficient (Wildman–Crippen LogP) is 2.75. The highest BCUT2D eigenvalue weighted by molar-refractivity contribution is 5.80. The first-order chi connectivity index (χ1) is 12.0. The summed E-state index contributed by atoms with van der Waals surface area (Å²) in [5.74, 6) is -0.402. The van der Waals surface area contributed by atoms with Crippen molar-refractivity contribution < 1.29 is 23.0 Å². The van der Waals surface area contributed by atoms with Gasteiger partial charge in [0.2, 0.25) is 5.91 Å². The maximum atomic E-state index is 13.1. The Morgan fingerprint density at radius 3 is 2.32 bits per heavy atom. The number of carbonyl (C=O) groups is 1. The number of ether oxygens (including phenoxy) is 2. The van der Waals surface area contributed by atoms with Crippen molar-refractivity contribution in [2.45, 2.75) is 6.42 Å². The Morgan fingerprint density at radius 2 is 1.68 bits per heavy atom. The molecule has 0 spiro atoms. The van der Waals surface area contributed by atoms with Crippen LogP contribution in [-0.2, 0) is 11.2 Å². The van der Waals surface area contributed by atoms with E-state index in [2.05, 4.69) is 10.6 Å². The van der Waals surface area contributed by atoms with E-state index in [1.807, 2.05) is 12.1 Å². The maximum Gasteiger partial charge on any atom is 0.239 e. The van der Waals surface area contributed by atoms with Gasteiger partial charge in [0.05, 0.1) is 20.8 Å². The maximum absolute atomic E-state index is 13.1. The van der Waals surface area contributed by atoms with Gasteiger partial charge in [-0.15, -0.1) is 0 Å². The van der Waals surface area contributed by atoms with Crippen LogP contribution >= 0.6 is 0 Å². The fourth-order valence-electron chi connectivity index (χ4n) is 2.28. The second kappa shape index (κ2) is 8.86. The molecule has 5 nitrogen and oxygen atoms in total. The van der Waals surface area contributed by atoms with E-state index in [1.165, 1.54) is 0 Å². The second-order valence-electron chi connectivity index (χ2n) is 5.30. The molecule has 2 aromatic carbocycles.